The Bertz CT molecular complexity index is 331. The van der Waals surface area contributed by atoms with Gasteiger partial charge in [-0.15, -0.1) is 0 Å². The Morgan fingerprint density at radius 2 is 2.05 bits per heavy atom. The van der Waals surface area contributed by atoms with Crippen molar-refractivity contribution in [1.29, 1.82) is 0 Å². The molecule has 5 heteroatoms. The van der Waals surface area contributed by atoms with E-state index in [4.69, 9.17) is 4.74 Å². The van der Waals surface area contributed by atoms with E-state index in [1.807, 2.05) is 6.92 Å². The average molecular weight is 284 g/mol. The zero-order valence-corrected chi connectivity index (χ0v) is 13.1. The maximum Gasteiger partial charge on any atom is 0.245 e. The van der Waals surface area contributed by atoms with E-state index in [1.165, 1.54) is 0 Å². The molecule has 1 N–H and O–H groups in total. The molecule has 1 fully saturated rings. The molecule has 0 aromatic heterocycles. The fourth-order valence-electron chi connectivity index (χ4n) is 2.66. The molecule has 20 heavy (non-hydrogen) atoms. The number of nitrogens with one attached hydrogen (secondary N) is 1. The van der Waals surface area contributed by atoms with Crippen LogP contribution in [0.2, 0.25) is 0 Å². The van der Waals surface area contributed by atoms with Crippen molar-refractivity contribution in [3.63, 3.8) is 0 Å². The maximum atomic E-state index is 12.6. The Hall–Kier alpha value is -1.10. The zero-order valence-electron chi connectivity index (χ0n) is 13.1. The van der Waals surface area contributed by atoms with Crippen LogP contribution in [-0.2, 0) is 14.3 Å². The number of amides is 2. The first-order valence-corrected chi connectivity index (χ1v) is 7.61. The Labute approximate surface area is 122 Å². The number of nitrogens with zero attached hydrogens (tertiary/aromatic N) is 1. The van der Waals surface area contributed by atoms with Gasteiger partial charge in [-0.05, 0) is 25.2 Å². The van der Waals surface area contributed by atoms with Gasteiger partial charge in [0, 0.05) is 20.3 Å². The van der Waals surface area contributed by atoms with Crippen LogP contribution in [0, 0.1) is 5.92 Å². The zero-order chi connectivity index (χ0) is 15.1. The minimum absolute atomic E-state index is 0.00508. The van der Waals surface area contributed by atoms with E-state index in [0.717, 1.165) is 19.3 Å². The summed E-state index contributed by atoms with van der Waals surface area (Å²) in [6.45, 7) is 7.36. The van der Waals surface area contributed by atoms with Crippen molar-refractivity contribution in [2.45, 2.75) is 58.5 Å². The van der Waals surface area contributed by atoms with Crippen LogP contribution < -0.4 is 5.32 Å². The van der Waals surface area contributed by atoms with E-state index in [2.05, 4.69) is 19.2 Å². The molecule has 0 aromatic rings. The first-order chi connectivity index (χ1) is 9.51. The molecule has 5 nitrogen and oxygen atoms in total. The van der Waals surface area contributed by atoms with Gasteiger partial charge in [0.05, 0.1) is 0 Å². The van der Waals surface area contributed by atoms with E-state index >= 15 is 0 Å². The van der Waals surface area contributed by atoms with Crippen LogP contribution in [0.5, 0.6) is 0 Å². The Kier molecular flexibility index (Phi) is 6.99. The minimum Gasteiger partial charge on any atom is -0.385 e. The van der Waals surface area contributed by atoms with Gasteiger partial charge in [0.25, 0.3) is 0 Å². The van der Waals surface area contributed by atoms with Gasteiger partial charge in [-0.2, -0.15) is 0 Å². The second-order valence-electron chi connectivity index (χ2n) is 5.87. The summed E-state index contributed by atoms with van der Waals surface area (Å²) in [7, 11) is 1.65. The highest BCUT2D eigenvalue weighted by molar-refractivity contribution is 5.96. The molecule has 1 heterocycles. The van der Waals surface area contributed by atoms with Gasteiger partial charge in [-0.25, -0.2) is 0 Å². The number of carbonyl (C=O) groups is 2. The fraction of sp³-hybridized carbons (Fsp3) is 0.867. The topological polar surface area (TPSA) is 58.6 Å². The molecule has 1 saturated heterocycles. The van der Waals surface area contributed by atoms with Gasteiger partial charge in [0.15, 0.2) is 0 Å². The second kappa shape index (κ2) is 8.25. The average Bonchev–Trinajstić information content (AvgIpc) is 2.38. The molecule has 1 rings (SSSR count). The Balaban J connectivity index is 2.77. The highest BCUT2D eigenvalue weighted by atomic mass is 16.5. The molecule has 1 aliphatic rings. The van der Waals surface area contributed by atoms with Crippen molar-refractivity contribution in [1.82, 2.24) is 10.2 Å². The third-order valence-corrected chi connectivity index (χ3v) is 3.59. The quantitative estimate of drug-likeness (QED) is 0.688. The summed E-state index contributed by atoms with van der Waals surface area (Å²) in [5, 5.41) is 2.89. The van der Waals surface area contributed by atoms with Gasteiger partial charge < -0.3 is 15.0 Å². The fourth-order valence-corrected chi connectivity index (χ4v) is 2.66. The summed E-state index contributed by atoms with van der Waals surface area (Å²) in [6.07, 6.45) is 3.08. The van der Waals surface area contributed by atoms with Crippen LogP contribution in [0.15, 0.2) is 0 Å². The normalized spacial score (nSPS) is 23.4. The molecule has 0 spiro atoms. The van der Waals surface area contributed by atoms with Crippen molar-refractivity contribution in [2.75, 3.05) is 20.3 Å². The molecule has 2 unspecified atom stereocenters. The predicted molar refractivity (Wildman–Crippen MR) is 78.3 cm³/mol. The van der Waals surface area contributed by atoms with Crippen molar-refractivity contribution >= 4 is 11.8 Å². The molecule has 0 radical (unpaired) electrons. The van der Waals surface area contributed by atoms with Crippen LogP contribution in [0.1, 0.15) is 46.5 Å². The number of carbonyl (C=O) groups excluding carboxylic acids is 2. The summed E-state index contributed by atoms with van der Waals surface area (Å²) in [6, 6.07) is -0.675. The number of ether oxygens (including phenoxy) is 1. The SMILES string of the molecule is CCCC1C(=O)NC(CC(C)C)C(=O)N1CCCOC. The molecule has 0 aromatic carbocycles. The van der Waals surface area contributed by atoms with Gasteiger partial charge in [-0.3, -0.25) is 9.59 Å². The van der Waals surface area contributed by atoms with E-state index in [9.17, 15) is 9.59 Å². The monoisotopic (exact) mass is 284 g/mol. The predicted octanol–water partition coefficient (Wildman–Crippen LogP) is 1.56. The van der Waals surface area contributed by atoms with Crippen molar-refractivity contribution in [2.24, 2.45) is 5.92 Å². The van der Waals surface area contributed by atoms with Gasteiger partial charge in [0.1, 0.15) is 12.1 Å². The molecular formula is C15H28N2O3. The third-order valence-electron chi connectivity index (χ3n) is 3.59. The minimum atomic E-state index is -0.363. The summed E-state index contributed by atoms with van der Waals surface area (Å²) in [5.74, 6) is 0.440. The number of methoxy groups -OCH3 is 1. The van der Waals surface area contributed by atoms with Crippen LogP contribution in [0.3, 0.4) is 0 Å². The highest BCUT2D eigenvalue weighted by Crippen LogP contribution is 2.19. The van der Waals surface area contributed by atoms with Crippen LogP contribution in [0.4, 0.5) is 0 Å². The number of hydrogen-bond acceptors (Lipinski definition) is 3. The van der Waals surface area contributed by atoms with Crippen molar-refractivity contribution in [3.8, 4) is 0 Å². The molecule has 116 valence electrons. The maximum absolute atomic E-state index is 12.6. The summed E-state index contributed by atoms with van der Waals surface area (Å²) in [4.78, 5) is 26.5. The van der Waals surface area contributed by atoms with Crippen LogP contribution in [0.25, 0.3) is 0 Å². The van der Waals surface area contributed by atoms with E-state index in [1.54, 1.807) is 12.0 Å². The Morgan fingerprint density at radius 1 is 1.35 bits per heavy atom. The van der Waals surface area contributed by atoms with E-state index in [0.29, 0.717) is 25.5 Å². The summed E-state index contributed by atoms with van der Waals surface area (Å²) in [5.41, 5.74) is 0. The first-order valence-electron chi connectivity index (χ1n) is 7.61. The van der Waals surface area contributed by atoms with Gasteiger partial charge in [0.2, 0.25) is 11.8 Å². The van der Waals surface area contributed by atoms with E-state index in [-0.39, 0.29) is 23.9 Å². The summed E-state index contributed by atoms with van der Waals surface area (Å²) < 4.78 is 5.04. The number of piperazine rings is 1. The highest BCUT2D eigenvalue weighted by Gasteiger charge is 2.39. The molecule has 2 amide bonds. The van der Waals surface area contributed by atoms with Gasteiger partial charge >= 0.3 is 0 Å². The van der Waals surface area contributed by atoms with Crippen molar-refractivity contribution < 1.29 is 14.3 Å². The lowest BCUT2D eigenvalue weighted by Gasteiger charge is -2.39. The molecule has 1 aliphatic heterocycles. The molecule has 2 atom stereocenters. The standard InChI is InChI=1S/C15H28N2O3/c1-5-7-13-14(18)16-12(10-11(2)3)15(19)17(13)8-6-9-20-4/h11-13H,5-10H2,1-4H3,(H,16,18). The summed E-state index contributed by atoms with van der Waals surface area (Å²) >= 11 is 0. The smallest absolute Gasteiger partial charge is 0.245 e. The number of rotatable bonds is 8. The lowest BCUT2D eigenvalue weighted by molar-refractivity contribution is -0.150. The third kappa shape index (κ3) is 4.47. The lowest BCUT2D eigenvalue weighted by Crippen LogP contribution is -2.63. The van der Waals surface area contributed by atoms with Crippen LogP contribution in [-0.4, -0.2) is 49.1 Å². The van der Waals surface area contributed by atoms with Crippen LogP contribution >= 0.6 is 0 Å². The second-order valence-corrected chi connectivity index (χ2v) is 5.87. The Morgan fingerprint density at radius 3 is 2.60 bits per heavy atom. The largest absolute Gasteiger partial charge is 0.385 e. The number of hydrogen-bond donors (Lipinski definition) is 1. The molecule has 0 aliphatic carbocycles. The first kappa shape index (κ1) is 17.0. The van der Waals surface area contributed by atoms with Gasteiger partial charge in [-0.1, -0.05) is 27.2 Å². The molecule has 0 bridgehead atoms. The lowest BCUT2D eigenvalue weighted by atomic mass is 9.96. The molecule has 0 saturated carbocycles. The van der Waals surface area contributed by atoms with Crippen molar-refractivity contribution in [3.05, 3.63) is 0 Å². The molecular weight excluding hydrogens is 256 g/mol. The van der Waals surface area contributed by atoms with E-state index < -0.39 is 0 Å².